The van der Waals surface area contributed by atoms with Gasteiger partial charge < -0.3 is 52.5 Å². The third-order valence-electron chi connectivity index (χ3n) is 8.34. The molecule has 7 rings (SSSR count). The highest BCUT2D eigenvalue weighted by Crippen LogP contribution is 2.44. The van der Waals surface area contributed by atoms with Crippen LogP contribution in [-0.4, -0.2) is 91.3 Å². The van der Waals surface area contributed by atoms with Crippen LogP contribution in [0.2, 0.25) is 0 Å². The van der Waals surface area contributed by atoms with Gasteiger partial charge in [0.15, 0.2) is 30.4 Å². The Morgan fingerprint density at radius 2 is 1.42 bits per heavy atom. The Labute approximate surface area is 251 Å². The first-order valence-corrected chi connectivity index (χ1v) is 15.0. The summed E-state index contributed by atoms with van der Waals surface area (Å²) in [7, 11) is 0. The fourth-order valence-electron chi connectivity index (χ4n) is 6.45. The minimum Gasteiger partial charge on any atom is -0.385 e. The molecule has 0 aliphatic carbocycles. The van der Waals surface area contributed by atoms with E-state index in [2.05, 4.69) is 0 Å². The second kappa shape index (κ2) is 11.7. The largest absolute Gasteiger partial charge is 0.385 e. The van der Waals surface area contributed by atoms with Gasteiger partial charge >= 0.3 is 0 Å². The van der Waals surface area contributed by atoms with Crippen molar-refractivity contribution in [2.24, 2.45) is 0 Å². The smallest absolute Gasteiger partial charge is 0.190 e. The van der Waals surface area contributed by atoms with Crippen LogP contribution in [0, 0.1) is 0 Å². The maximum Gasteiger partial charge on any atom is 0.190 e. The van der Waals surface area contributed by atoms with E-state index in [9.17, 15) is 5.11 Å². The topological polar surface area (TPSA) is 113 Å². The standard InChI is InChI=1S/C32H40O11/c1-31(2)40-24-21(38-30-27(26(24)41-31)42-32(3,4)43-30)17-36-29-22(33)25(34-15-18-11-7-5-8-12-18)23-20(37-29)16-35-28(39-23)19-13-9-6-10-14-19/h5-14,20-30,33H,15-17H2,1-4H3/t20-,21-,22+,23-,24+,25-,26+,27-,28-,29-,30-/m1/s1. The highest BCUT2D eigenvalue weighted by molar-refractivity contribution is 5.17. The lowest BCUT2D eigenvalue weighted by molar-refractivity contribution is -0.370. The maximum absolute atomic E-state index is 11.6. The molecule has 5 aliphatic rings. The first-order valence-electron chi connectivity index (χ1n) is 15.0. The summed E-state index contributed by atoms with van der Waals surface area (Å²) < 4.78 is 62.0. The lowest BCUT2D eigenvalue weighted by Gasteiger charge is -2.48. The summed E-state index contributed by atoms with van der Waals surface area (Å²) >= 11 is 0. The fourth-order valence-corrected chi connectivity index (χ4v) is 6.45. The minimum absolute atomic E-state index is 0.0481. The quantitative estimate of drug-likeness (QED) is 0.506. The fraction of sp³-hybridized carbons (Fsp3) is 0.625. The molecule has 0 radical (unpaired) electrons. The molecule has 1 N–H and O–H groups in total. The first-order chi connectivity index (χ1) is 20.7. The predicted octanol–water partition coefficient (Wildman–Crippen LogP) is 3.18. The van der Waals surface area contributed by atoms with Crippen LogP contribution in [0.15, 0.2) is 60.7 Å². The zero-order valence-electron chi connectivity index (χ0n) is 24.8. The van der Waals surface area contributed by atoms with Gasteiger partial charge in [-0.1, -0.05) is 60.7 Å². The van der Waals surface area contributed by atoms with E-state index in [1.807, 2.05) is 88.4 Å². The molecule has 2 aromatic carbocycles. The average Bonchev–Trinajstić information content (AvgIpc) is 3.50. The van der Waals surface area contributed by atoms with Gasteiger partial charge in [0.05, 0.1) is 19.8 Å². The van der Waals surface area contributed by atoms with Crippen molar-refractivity contribution < 1.29 is 52.5 Å². The summed E-state index contributed by atoms with van der Waals surface area (Å²) in [5.41, 5.74) is 1.85. The summed E-state index contributed by atoms with van der Waals surface area (Å²) in [6, 6.07) is 19.5. The maximum atomic E-state index is 11.6. The van der Waals surface area contributed by atoms with Crippen LogP contribution in [0.5, 0.6) is 0 Å². The van der Waals surface area contributed by atoms with E-state index in [1.54, 1.807) is 0 Å². The lowest BCUT2D eigenvalue weighted by Crippen LogP contribution is -2.63. The summed E-state index contributed by atoms with van der Waals surface area (Å²) in [4.78, 5) is 0. The van der Waals surface area contributed by atoms with Gasteiger partial charge in [0.2, 0.25) is 0 Å². The number of rotatable bonds is 7. The van der Waals surface area contributed by atoms with Gasteiger partial charge in [0.25, 0.3) is 0 Å². The number of hydrogen-bond acceptors (Lipinski definition) is 11. The zero-order valence-corrected chi connectivity index (χ0v) is 24.8. The van der Waals surface area contributed by atoms with Crippen LogP contribution in [0.3, 0.4) is 0 Å². The van der Waals surface area contributed by atoms with Gasteiger partial charge in [-0.05, 0) is 33.3 Å². The molecule has 0 spiro atoms. The van der Waals surface area contributed by atoms with Crippen molar-refractivity contribution in [2.45, 2.75) is 114 Å². The van der Waals surface area contributed by atoms with E-state index < -0.39 is 79.3 Å². The number of hydrogen-bond donors (Lipinski definition) is 1. The summed E-state index contributed by atoms with van der Waals surface area (Å²) in [6.07, 6.45) is -7.22. The third-order valence-corrected chi connectivity index (χ3v) is 8.34. The molecule has 43 heavy (non-hydrogen) atoms. The summed E-state index contributed by atoms with van der Waals surface area (Å²) in [6.45, 7) is 7.95. The Morgan fingerprint density at radius 3 is 2.19 bits per heavy atom. The Morgan fingerprint density at radius 1 is 0.744 bits per heavy atom. The van der Waals surface area contributed by atoms with Gasteiger partial charge in [-0.25, -0.2) is 0 Å². The molecule has 5 fully saturated rings. The van der Waals surface area contributed by atoms with E-state index >= 15 is 0 Å². The number of benzene rings is 2. The van der Waals surface area contributed by atoms with E-state index in [0.29, 0.717) is 0 Å². The number of aliphatic hydroxyl groups is 1. The second-order valence-electron chi connectivity index (χ2n) is 12.5. The van der Waals surface area contributed by atoms with Gasteiger partial charge in [-0.2, -0.15) is 0 Å². The number of ether oxygens (including phenoxy) is 10. The molecule has 5 heterocycles. The highest BCUT2D eigenvalue weighted by Gasteiger charge is 2.61. The van der Waals surface area contributed by atoms with Gasteiger partial charge in [0, 0.05) is 5.56 Å². The number of fused-ring (bicyclic) bond motifs is 4. The van der Waals surface area contributed by atoms with Crippen molar-refractivity contribution in [3.05, 3.63) is 71.8 Å². The molecular formula is C32H40O11. The lowest BCUT2D eigenvalue weighted by atomic mass is 9.97. The molecule has 0 unspecified atom stereocenters. The summed E-state index contributed by atoms with van der Waals surface area (Å²) in [5.74, 6) is -1.66. The second-order valence-corrected chi connectivity index (χ2v) is 12.5. The van der Waals surface area contributed by atoms with Crippen molar-refractivity contribution in [1.82, 2.24) is 0 Å². The monoisotopic (exact) mass is 600 g/mol. The van der Waals surface area contributed by atoms with Crippen LogP contribution in [0.25, 0.3) is 0 Å². The molecule has 11 heteroatoms. The molecule has 0 amide bonds. The van der Waals surface area contributed by atoms with Crippen molar-refractivity contribution in [3.63, 3.8) is 0 Å². The molecule has 2 aromatic rings. The van der Waals surface area contributed by atoms with E-state index in [-0.39, 0.29) is 19.8 Å². The molecule has 11 nitrogen and oxygen atoms in total. The molecular weight excluding hydrogens is 560 g/mol. The van der Waals surface area contributed by atoms with Crippen LogP contribution < -0.4 is 0 Å². The van der Waals surface area contributed by atoms with Gasteiger partial charge in [-0.3, -0.25) is 0 Å². The predicted molar refractivity (Wildman–Crippen MR) is 148 cm³/mol. The van der Waals surface area contributed by atoms with Crippen molar-refractivity contribution in [2.75, 3.05) is 13.2 Å². The molecule has 0 aromatic heterocycles. The van der Waals surface area contributed by atoms with E-state index in [0.717, 1.165) is 11.1 Å². The van der Waals surface area contributed by atoms with Gasteiger partial charge in [0.1, 0.15) is 48.8 Å². The minimum atomic E-state index is -1.16. The molecule has 0 bridgehead atoms. The normalized spacial score (nSPS) is 41.3. The van der Waals surface area contributed by atoms with Gasteiger partial charge in [-0.15, -0.1) is 0 Å². The molecule has 5 saturated heterocycles. The van der Waals surface area contributed by atoms with Crippen LogP contribution in [0.1, 0.15) is 45.1 Å². The highest BCUT2D eigenvalue weighted by atomic mass is 16.9. The number of aliphatic hydroxyl groups excluding tert-OH is 1. The molecule has 234 valence electrons. The van der Waals surface area contributed by atoms with E-state index in [4.69, 9.17) is 47.4 Å². The Bertz CT molecular complexity index is 1230. The molecule has 11 atom stereocenters. The average molecular weight is 601 g/mol. The van der Waals surface area contributed by atoms with Crippen molar-refractivity contribution in [3.8, 4) is 0 Å². The van der Waals surface area contributed by atoms with Crippen LogP contribution in [0.4, 0.5) is 0 Å². The molecule has 5 aliphatic heterocycles. The zero-order chi connectivity index (χ0) is 29.8. The van der Waals surface area contributed by atoms with Crippen molar-refractivity contribution >= 4 is 0 Å². The first kappa shape index (κ1) is 29.7. The SMILES string of the molecule is CC1(C)O[C@H]2[C@@H](O1)[C@@H](CO[C@@H]1O[C@@H]3CO[C@@H](c4ccccc4)O[C@H]3[C@H](OCc3ccccc3)[C@@H]1O)O[C@@H]1OC(C)(C)O[C@@H]12. The van der Waals surface area contributed by atoms with E-state index in [1.165, 1.54) is 0 Å². The Balaban J connectivity index is 1.07. The Kier molecular flexibility index (Phi) is 8.11. The summed E-state index contributed by atoms with van der Waals surface area (Å²) in [5, 5.41) is 11.6. The van der Waals surface area contributed by atoms with Crippen LogP contribution in [-0.2, 0) is 54.0 Å². The van der Waals surface area contributed by atoms with Crippen LogP contribution >= 0.6 is 0 Å². The molecule has 0 saturated carbocycles. The third kappa shape index (κ3) is 6.14. The van der Waals surface area contributed by atoms with Crippen molar-refractivity contribution in [1.29, 1.82) is 0 Å². The Hall–Kier alpha value is -2.00.